The molecule has 0 radical (unpaired) electrons. The Kier molecular flexibility index (Phi) is 4.74. The van der Waals surface area contributed by atoms with Gasteiger partial charge in [0.15, 0.2) is 0 Å². The van der Waals surface area contributed by atoms with Crippen molar-refractivity contribution in [2.24, 2.45) is 0 Å². The number of aryl methyl sites for hydroxylation is 1. The molecule has 108 valence electrons. The summed E-state index contributed by atoms with van der Waals surface area (Å²) >= 11 is 4.39. The molecule has 0 bridgehead atoms. The first-order chi connectivity index (χ1) is 9.46. The molecule has 0 aliphatic heterocycles. The Morgan fingerprint density at radius 2 is 2.15 bits per heavy atom. The van der Waals surface area contributed by atoms with Crippen molar-refractivity contribution in [1.29, 1.82) is 0 Å². The van der Waals surface area contributed by atoms with Crippen LogP contribution in [-0.4, -0.2) is 23.7 Å². The first kappa shape index (κ1) is 15.4. The number of benzene rings is 1. The summed E-state index contributed by atoms with van der Waals surface area (Å²) in [5, 5.41) is 17.7. The number of sulfonamides is 1. The smallest absolute Gasteiger partial charge is 0.264 e. The lowest BCUT2D eigenvalue weighted by Gasteiger charge is -2.08. The molecule has 1 aromatic heterocycles. The molecule has 0 aliphatic rings. The average molecular weight is 378 g/mol. The van der Waals surface area contributed by atoms with E-state index in [1.54, 1.807) is 12.1 Å². The van der Waals surface area contributed by atoms with Crippen LogP contribution in [0.25, 0.3) is 0 Å². The minimum Gasteiger partial charge on any atom is -0.392 e. The van der Waals surface area contributed by atoms with Gasteiger partial charge in [-0.1, -0.05) is 24.3 Å². The molecule has 6 nitrogen and oxygen atoms in total. The molecule has 0 saturated heterocycles. The zero-order valence-corrected chi connectivity index (χ0v) is 13.7. The number of aliphatic hydroxyl groups is 1. The van der Waals surface area contributed by atoms with Gasteiger partial charge >= 0.3 is 0 Å². The molecule has 20 heavy (non-hydrogen) atoms. The van der Waals surface area contributed by atoms with Crippen molar-refractivity contribution in [1.82, 2.24) is 10.2 Å². The van der Waals surface area contributed by atoms with E-state index in [1.165, 1.54) is 17.4 Å². The van der Waals surface area contributed by atoms with Gasteiger partial charge in [0, 0.05) is 4.47 Å². The quantitative estimate of drug-likeness (QED) is 0.832. The van der Waals surface area contributed by atoms with E-state index in [9.17, 15) is 8.42 Å². The topological polar surface area (TPSA) is 92.2 Å². The second-order valence-corrected chi connectivity index (χ2v) is 7.45. The lowest BCUT2D eigenvalue weighted by molar-refractivity contribution is 0.281. The summed E-state index contributed by atoms with van der Waals surface area (Å²) in [4.78, 5) is 0.0861. The van der Waals surface area contributed by atoms with E-state index in [0.717, 1.165) is 5.01 Å². The van der Waals surface area contributed by atoms with Gasteiger partial charge in [0.1, 0.15) is 9.90 Å². The van der Waals surface area contributed by atoms with Crippen LogP contribution in [0, 0.1) is 0 Å². The highest BCUT2D eigenvalue weighted by atomic mass is 79.9. The Labute approximate surface area is 129 Å². The molecule has 0 fully saturated rings. The lowest BCUT2D eigenvalue weighted by atomic mass is 10.2. The third-order valence-corrected chi connectivity index (χ3v) is 5.89. The second-order valence-electron chi connectivity index (χ2n) is 3.88. The van der Waals surface area contributed by atoms with E-state index in [-0.39, 0.29) is 16.6 Å². The highest BCUT2D eigenvalue weighted by Crippen LogP contribution is 2.26. The standard InChI is InChI=1S/C11H12BrN3O3S2/c1-2-10-13-14-11(19-10)15-20(17,18)9-4-3-7(6-16)5-8(9)12/h3-5,16H,2,6H2,1H3,(H,14,15). The van der Waals surface area contributed by atoms with Crippen molar-refractivity contribution in [2.45, 2.75) is 24.8 Å². The van der Waals surface area contributed by atoms with Gasteiger partial charge in [0.2, 0.25) is 5.13 Å². The van der Waals surface area contributed by atoms with Crippen LogP contribution >= 0.6 is 27.3 Å². The van der Waals surface area contributed by atoms with Crippen LogP contribution in [0.3, 0.4) is 0 Å². The number of nitrogens with one attached hydrogen (secondary N) is 1. The van der Waals surface area contributed by atoms with Crippen molar-refractivity contribution in [3.05, 3.63) is 33.2 Å². The van der Waals surface area contributed by atoms with Crippen LogP contribution in [0.4, 0.5) is 5.13 Å². The molecule has 2 rings (SSSR count). The Bertz CT molecular complexity index is 715. The van der Waals surface area contributed by atoms with Crippen LogP contribution in [0.5, 0.6) is 0 Å². The molecular formula is C11H12BrN3O3S2. The maximum absolute atomic E-state index is 12.3. The maximum atomic E-state index is 12.3. The molecule has 0 saturated carbocycles. The molecule has 0 aliphatic carbocycles. The Hall–Kier alpha value is -1.03. The number of halogens is 1. The van der Waals surface area contributed by atoms with Gasteiger partial charge in [0.25, 0.3) is 10.0 Å². The minimum absolute atomic E-state index is 0.0861. The fourth-order valence-corrected chi connectivity index (χ4v) is 4.50. The highest BCUT2D eigenvalue weighted by Gasteiger charge is 2.19. The maximum Gasteiger partial charge on any atom is 0.264 e. The average Bonchev–Trinajstić information content (AvgIpc) is 2.85. The van der Waals surface area contributed by atoms with Crippen molar-refractivity contribution >= 4 is 42.4 Å². The molecular weight excluding hydrogens is 366 g/mol. The Morgan fingerprint density at radius 3 is 2.70 bits per heavy atom. The summed E-state index contributed by atoms with van der Waals surface area (Å²) < 4.78 is 27.3. The predicted molar refractivity (Wildman–Crippen MR) is 80.2 cm³/mol. The first-order valence-electron chi connectivity index (χ1n) is 5.70. The molecule has 0 unspecified atom stereocenters. The summed E-state index contributed by atoms with van der Waals surface area (Å²) in [5.74, 6) is 0. The number of aliphatic hydroxyl groups excluding tert-OH is 1. The number of hydrogen-bond acceptors (Lipinski definition) is 6. The van der Waals surface area contributed by atoms with E-state index in [2.05, 4.69) is 30.8 Å². The van der Waals surface area contributed by atoms with Crippen LogP contribution in [0.15, 0.2) is 27.6 Å². The largest absolute Gasteiger partial charge is 0.392 e. The number of hydrogen-bond donors (Lipinski definition) is 2. The van der Waals surface area contributed by atoms with Gasteiger partial charge in [-0.05, 0) is 40.0 Å². The summed E-state index contributed by atoms with van der Waals surface area (Å²) in [6.07, 6.45) is 0.703. The SMILES string of the molecule is CCc1nnc(NS(=O)(=O)c2ccc(CO)cc2Br)s1. The lowest BCUT2D eigenvalue weighted by Crippen LogP contribution is -2.13. The van der Waals surface area contributed by atoms with Gasteiger partial charge in [-0.3, -0.25) is 4.72 Å². The summed E-state index contributed by atoms with van der Waals surface area (Å²) in [7, 11) is -3.73. The van der Waals surface area contributed by atoms with Gasteiger partial charge in [-0.25, -0.2) is 8.42 Å². The zero-order chi connectivity index (χ0) is 14.8. The van der Waals surface area contributed by atoms with Crippen LogP contribution in [-0.2, 0) is 23.1 Å². The molecule has 2 aromatic rings. The number of rotatable bonds is 5. The van der Waals surface area contributed by atoms with Gasteiger partial charge in [-0.2, -0.15) is 0 Å². The normalized spacial score (nSPS) is 11.6. The Morgan fingerprint density at radius 1 is 1.40 bits per heavy atom. The van der Waals surface area contributed by atoms with Gasteiger partial charge < -0.3 is 5.11 Å². The number of anilines is 1. The Balaban J connectivity index is 2.30. The van der Waals surface area contributed by atoms with Gasteiger partial charge in [-0.15, -0.1) is 10.2 Å². The summed E-state index contributed by atoms with van der Waals surface area (Å²) in [6, 6.07) is 4.54. The van der Waals surface area contributed by atoms with E-state index in [1.807, 2.05) is 6.92 Å². The summed E-state index contributed by atoms with van der Waals surface area (Å²) in [5.41, 5.74) is 0.625. The summed E-state index contributed by atoms with van der Waals surface area (Å²) in [6.45, 7) is 1.77. The van der Waals surface area contributed by atoms with Crippen molar-refractivity contribution in [2.75, 3.05) is 4.72 Å². The molecule has 1 heterocycles. The minimum atomic E-state index is -3.73. The van der Waals surface area contributed by atoms with Crippen molar-refractivity contribution in [3.8, 4) is 0 Å². The van der Waals surface area contributed by atoms with E-state index in [0.29, 0.717) is 16.5 Å². The van der Waals surface area contributed by atoms with Gasteiger partial charge in [0.05, 0.1) is 6.61 Å². The van der Waals surface area contributed by atoms with E-state index < -0.39 is 10.0 Å². The second kappa shape index (κ2) is 6.17. The fourth-order valence-electron chi connectivity index (χ4n) is 1.47. The van der Waals surface area contributed by atoms with Crippen LogP contribution in [0.1, 0.15) is 17.5 Å². The first-order valence-corrected chi connectivity index (χ1v) is 8.80. The predicted octanol–water partition coefficient (Wildman–Crippen LogP) is 2.16. The third kappa shape index (κ3) is 3.35. The zero-order valence-electron chi connectivity index (χ0n) is 10.5. The molecule has 2 N–H and O–H groups in total. The highest BCUT2D eigenvalue weighted by molar-refractivity contribution is 9.10. The van der Waals surface area contributed by atoms with E-state index >= 15 is 0 Å². The van der Waals surface area contributed by atoms with Crippen LogP contribution < -0.4 is 4.72 Å². The van der Waals surface area contributed by atoms with Crippen molar-refractivity contribution < 1.29 is 13.5 Å². The number of aromatic nitrogens is 2. The van der Waals surface area contributed by atoms with Crippen molar-refractivity contribution in [3.63, 3.8) is 0 Å². The van der Waals surface area contributed by atoms with E-state index in [4.69, 9.17) is 5.11 Å². The third-order valence-electron chi connectivity index (χ3n) is 2.46. The molecule has 0 amide bonds. The molecule has 9 heteroatoms. The van der Waals surface area contributed by atoms with Crippen LogP contribution in [0.2, 0.25) is 0 Å². The number of nitrogens with zero attached hydrogens (tertiary/aromatic N) is 2. The monoisotopic (exact) mass is 377 g/mol. The fraction of sp³-hybridized carbons (Fsp3) is 0.273. The molecule has 0 atom stereocenters. The molecule has 0 spiro atoms. The molecule has 1 aromatic carbocycles.